The highest BCUT2D eigenvalue weighted by Gasteiger charge is 2.50. The Balaban J connectivity index is 1.45. The Morgan fingerprint density at radius 2 is 2.12 bits per heavy atom. The number of rotatable bonds is 1. The lowest BCUT2D eigenvalue weighted by Crippen LogP contribution is -2.51. The van der Waals surface area contributed by atoms with Gasteiger partial charge in [0.25, 0.3) is 5.56 Å². The number of aromatic amines is 1. The molecule has 1 saturated heterocycles. The Bertz CT molecular complexity index is 954. The van der Waals surface area contributed by atoms with Crippen molar-refractivity contribution in [2.45, 2.75) is 44.3 Å². The molecule has 2 aliphatic heterocycles. The molecule has 134 valence electrons. The standard InChI is InChI=1S/C19H20N4O3/c24-15-10-23(18-21-14-6-2-1-5-13(14)17(25)22-18)9-7-19(15)16-12(11-26-19)4-3-8-20-16/h3-4,8H,1-2,5-7,9-11H2,(H,21,22,25). The van der Waals surface area contributed by atoms with Gasteiger partial charge in [0.05, 0.1) is 24.5 Å². The van der Waals surface area contributed by atoms with Crippen molar-refractivity contribution in [3.05, 3.63) is 51.2 Å². The minimum Gasteiger partial charge on any atom is -0.356 e. The molecule has 5 rings (SSSR count). The van der Waals surface area contributed by atoms with Crippen LogP contribution in [-0.2, 0) is 34.6 Å². The molecule has 7 nitrogen and oxygen atoms in total. The molecule has 1 aliphatic carbocycles. The van der Waals surface area contributed by atoms with E-state index in [2.05, 4.69) is 15.0 Å². The number of carbonyl (C=O) groups excluding carboxylic acids is 1. The maximum Gasteiger partial charge on any atom is 0.255 e. The van der Waals surface area contributed by atoms with E-state index in [1.165, 1.54) is 0 Å². The Hall–Kier alpha value is -2.54. The van der Waals surface area contributed by atoms with Crippen LogP contribution in [0.25, 0.3) is 0 Å². The highest BCUT2D eigenvalue weighted by molar-refractivity contribution is 5.93. The molecular weight excluding hydrogens is 332 g/mol. The molecule has 0 bridgehead atoms. The van der Waals surface area contributed by atoms with E-state index in [0.717, 1.165) is 48.2 Å². The van der Waals surface area contributed by atoms with Gasteiger partial charge in [0.15, 0.2) is 11.4 Å². The Morgan fingerprint density at radius 3 is 3.00 bits per heavy atom. The van der Waals surface area contributed by atoms with Gasteiger partial charge in [0, 0.05) is 30.3 Å². The van der Waals surface area contributed by atoms with Crippen LogP contribution in [0, 0.1) is 0 Å². The quantitative estimate of drug-likeness (QED) is 0.831. The summed E-state index contributed by atoms with van der Waals surface area (Å²) < 4.78 is 5.93. The predicted octanol–water partition coefficient (Wildman–Crippen LogP) is 1.25. The van der Waals surface area contributed by atoms with Crippen molar-refractivity contribution in [3.8, 4) is 0 Å². The van der Waals surface area contributed by atoms with Gasteiger partial charge in [-0.25, -0.2) is 4.98 Å². The zero-order valence-electron chi connectivity index (χ0n) is 14.5. The summed E-state index contributed by atoms with van der Waals surface area (Å²) >= 11 is 0. The number of nitrogens with one attached hydrogen (secondary N) is 1. The molecule has 0 saturated carbocycles. The summed E-state index contributed by atoms with van der Waals surface area (Å²) in [5.74, 6) is 0.472. The lowest BCUT2D eigenvalue weighted by molar-refractivity contribution is -0.146. The van der Waals surface area contributed by atoms with Gasteiger partial charge in [-0.2, -0.15) is 0 Å². The number of aryl methyl sites for hydroxylation is 1. The molecule has 1 spiro atoms. The van der Waals surface area contributed by atoms with E-state index in [1.807, 2.05) is 17.0 Å². The minimum absolute atomic E-state index is 0.0263. The number of H-pyrrole nitrogens is 1. The number of hydrogen-bond donors (Lipinski definition) is 1. The zero-order valence-corrected chi connectivity index (χ0v) is 14.5. The number of hydrogen-bond acceptors (Lipinski definition) is 6. The van der Waals surface area contributed by atoms with E-state index in [0.29, 0.717) is 25.5 Å². The first-order valence-corrected chi connectivity index (χ1v) is 9.16. The van der Waals surface area contributed by atoms with Crippen LogP contribution in [0.1, 0.15) is 41.8 Å². The maximum atomic E-state index is 13.0. The number of carbonyl (C=O) groups is 1. The second kappa shape index (κ2) is 5.74. The van der Waals surface area contributed by atoms with E-state index in [1.54, 1.807) is 6.20 Å². The van der Waals surface area contributed by atoms with E-state index >= 15 is 0 Å². The minimum atomic E-state index is -0.943. The van der Waals surface area contributed by atoms with Gasteiger partial charge in [-0.1, -0.05) is 6.07 Å². The van der Waals surface area contributed by atoms with Crippen molar-refractivity contribution in [1.29, 1.82) is 0 Å². The van der Waals surface area contributed by atoms with Crippen LogP contribution < -0.4 is 10.5 Å². The summed E-state index contributed by atoms with van der Waals surface area (Å²) in [6, 6.07) is 3.82. The molecule has 26 heavy (non-hydrogen) atoms. The van der Waals surface area contributed by atoms with Crippen LogP contribution in [-0.4, -0.2) is 33.8 Å². The van der Waals surface area contributed by atoms with Crippen LogP contribution >= 0.6 is 0 Å². The average molecular weight is 352 g/mol. The van der Waals surface area contributed by atoms with Gasteiger partial charge in [0.1, 0.15) is 0 Å². The number of pyridine rings is 1. The number of anilines is 1. The summed E-state index contributed by atoms with van der Waals surface area (Å²) in [5.41, 5.74) is 2.40. The zero-order chi connectivity index (χ0) is 17.7. The summed E-state index contributed by atoms with van der Waals surface area (Å²) in [7, 11) is 0. The summed E-state index contributed by atoms with van der Waals surface area (Å²) in [4.78, 5) is 39.2. The molecule has 0 amide bonds. The van der Waals surface area contributed by atoms with Crippen molar-refractivity contribution in [2.75, 3.05) is 18.0 Å². The van der Waals surface area contributed by atoms with Crippen molar-refractivity contribution >= 4 is 11.7 Å². The fraction of sp³-hybridized carbons (Fsp3) is 0.474. The number of ketones is 1. The molecule has 2 aromatic heterocycles. The van der Waals surface area contributed by atoms with Crippen LogP contribution in [0.15, 0.2) is 23.1 Å². The van der Waals surface area contributed by atoms with E-state index < -0.39 is 5.60 Å². The molecule has 0 aromatic carbocycles. The number of nitrogens with zero attached hydrogens (tertiary/aromatic N) is 3. The molecule has 3 aliphatic rings. The van der Waals surface area contributed by atoms with E-state index in [4.69, 9.17) is 4.74 Å². The third-order valence-electron chi connectivity index (χ3n) is 5.75. The molecule has 2 aromatic rings. The Morgan fingerprint density at radius 1 is 1.23 bits per heavy atom. The van der Waals surface area contributed by atoms with Gasteiger partial charge in [-0.05, 0) is 31.7 Å². The van der Waals surface area contributed by atoms with Gasteiger partial charge in [-0.15, -0.1) is 0 Å². The van der Waals surface area contributed by atoms with Gasteiger partial charge >= 0.3 is 0 Å². The molecular formula is C19H20N4O3. The Labute approximate surface area is 150 Å². The smallest absolute Gasteiger partial charge is 0.255 e. The topological polar surface area (TPSA) is 88.2 Å². The Kier molecular flexibility index (Phi) is 3.46. The number of ether oxygens (including phenoxy) is 1. The largest absolute Gasteiger partial charge is 0.356 e. The number of Topliss-reactive ketones (excluding diaryl/α,β-unsaturated/α-hetero) is 1. The third kappa shape index (κ3) is 2.23. The number of aromatic nitrogens is 3. The lowest BCUT2D eigenvalue weighted by atomic mass is 9.86. The molecule has 1 fully saturated rings. The molecule has 0 radical (unpaired) electrons. The van der Waals surface area contributed by atoms with Gasteiger partial charge in [-0.3, -0.25) is 19.6 Å². The summed E-state index contributed by atoms with van der Waals surface area (Å²) in [5, 5.41) is 0. The fourth-order valence-corrected chi connectivity index (χ4v) is 4.32. The average Bonchev–Trinajstić information content (AvgIpc) is 3.04. The second-order valence-corrected chi connectivity index (χ2v) is 7.24. The SMILES string of the molecule is O=C1CN(c2nc3c(c(=O)[nH]2)CCCC3)CCC12OCc1cccnc12. The maximum absolute atomic E-state index is 13.0. The highest BCUT2D eigenvalue weighted by atomic mass is 16.5. The first kappa shape index (κ1) is 15.7. The van der Waals surface area contributed by atoms with Crippen molar-refractivity contribution < 1.29 is 9.53 Å². The summed E-state index contributed by atoms with van der Waals surface area (Å²) in [6.07, 6.45) is 5.93. The summed E-state index contributed by atoms with van der Waals surface area (Å²) in [6.45, 7) is 1.17. The molecule has 1 unspecified atom stereocenters. The van der Waals surface area contributed by atoms with Crippen LogP contribution in [0.5, 0.6) is 0 Å². The normalized spacial score (nSPS) is 24.6. The number of fused-ring (bicyclic) bond motifs is 3. The van der Waals surface area contributed by atoms with Crippen molar-refractivity contribution in [2.24, 2.45) is 0 Å². The van der Waals surface area contributed by atoms with E-state index in [9.17, 15) is 9.59 Å². The van der Waals surface area contributed by atoms with Gasteiger partial charge < -0.3 is 9.64 Å². The van der Waals surface area contributed by atoms with Gasteiger partial charge in [0.2, 0.25) is 5.95 Å². The molecule has 1 N–H and O–H groups in total. The van der Waals surface area contributed by atoms with Crippen LogP contribution in [0.2, 0.25) is 0 Å². The molecule has 7 heteroatoms. The molecule has 4 heterocycles. The monoisotopic (exact) mass is 352 g/mol. The van der Waals surface area contributed by atoms with Crippen molar-refractivity contribution in [3.63, 3.8) is 0 Å². The van der Waals surface area contributed by atoms with Crippen molar-refractivity contribution in [1.82, 2.24) is 15.0 Å². The van der Waals surface area contributed by atoms with Crippen LogP contribution in [0.4, 0.5) is 5.95 Å². The van der Waals surface area contributed by atoms with E-state index in [-0.39, 0.29) is 17.9 Å². The molecule has 1 atom stereocenters. The first-order valence-electron chi connectivity index (χ1n) is 9.16. The third-order valence-corrected chi connectivity index (χ3v) is 5.75. The second-order valence-electron chi connectivity index (χ2n) is 7.24. The van der Waals surface area contributed by atoms with Crippen LogP contribution in [0.3, 0.4) is 0 Å². The fourth-order valence-electron chi connectivity index (χ4n) is 4.32. The number of piperidine rings is 1. The predicted molar refractivity (Wildman–Crippen MR) is 94.0 cm³/mol. The first-order chi connectivity index (χ1) is 12.7. The highest BCUT2D eigenvalue weighted by Crippen LogP contribution is 2.41. The lowest BCUT2D eigenvalue weighted by Gasteiger charge is -2.37.